The van der Waals surface area contributed by atoms with E-state index in [1.54, 1.807) is 30.3 Å². The van der Waals surface area contributed by atoms with Gasteiger partial charge in [-0.25, -0.2) is 8.42 Å². The molecule has 0 saturated carbocycles. The van der Waals surface area contributed by atoms with Gasteiger partial charge in [-0.05, 0) is 54.7 Å². The Morgan fingerprint density at radius 2 is 1.65 bits per heavy atom. The van der Waals surface area contributed by atoms with Crippen molar-refractivity contribution in [2.24, 2.45) is 0 Å². The molecule has 1 heterocycles. The maximum absolute atomic E-state index is 12.6. The molecule has 3 rings (SSSR count). The van der Waals surface area contributed by atoms with E-state index in [1.807, 2.05) is 12.1 Å². The molecule has 2 aromatic carbocycles. The summed E-state index contributed by atoms with van der Waals surface area (Å²) in [6.45, 7) is 2.15. The van der Waals surface area contributed by atoms with Gasteiger partial charge in [0.05, 0.1) is 28.2 Å². The summed E-state index contributed by atoms with van der Waals surface area (Å²) in [5.74, 6) is -0.0286. The van der Waals surface area contributed by atoms with Gasteiger partial charge >= 0.3 is 0 Å². The van der Waals surface area contributed by atoms with E-state index in [4.69, 9.17) is 27.9 Å². The first-order valence-corrected chi connectivity index (χ1v) is 12.4. The number of benzene rings is 2. The van der Waals surface area contributed by atoms with E-state index < -0.39 is 10.0 Å². The van der Waals surface area contributed by atoms with Gasteiger partial charge in [-0.1, -0.05) is 41.4 Å². The summed E-state index contributed by atoms with van der Waals surface area (Å²) in [6.07, 6.45) is 2.51. The van der Waals surface area contributed by atoms with Crippen LogP contribution in [-0.4, -0.2) is 51.5 Å². The number of nitrogens with one attached hydrogen (secondary N) is 1. The molecule has 6 nitrogen and oxygen atoms in total. The molecule has 1 aliphatic heterocycles. The molecule has 0 spiro atoms. The molecule has 9 heteroatoms. The number of morpholine rings is 1. The first kappa shape index (κ1) is 24.0. The van der Waals surface area contributed by atoms with Crippen LogP contribution in [0.3, 0.4) is 0 Å². The van der Waals surface area contributed by atoms with Gasteiger partial charge in [0.1, 0.15) is 0 Å². The molecule has 1 amide bonds. The van der Waals surface area contributed by atoms with E-state index >= 15 is 0 Å². The van der Waals surface area contributed by atoms with Crippen molar-refractivity contribution < 1.29 is 17.9 Å². The second-order valence-electron chi connectivity index (χ2n) is 7.36. The summed E-state index contributed by atoms with van der Waals surface area (Å²) in [4.78, 5) is 12.4. The monoisotopic (exact) mass is 484 g/mol. The molecular weight excluding hydrogens is 459 g/mol. The number of amides is 1. The van der Waals surface area contributed by atoms with E-state index in [0.29, 0.717) is 55.7 Å². The van der Waals surface area contributed by atoms with Crippen LogP contribution in [0, 0.1) is 0 Å². The van der Waals surface area contributed by atoms with Gasteiger partial charge < -0.3 is 10.1 Å². The van der Waals surface area contributed by atoms with E-state index in [2.05, 4.69) is 5.32 Å². The summed E-state index contributed by atoms with van der Waals surface area (Å²) in [6, 6.07) is 12.3. The third-order valence-electron chi connectivity index (χ3n) is 5.12. The number of rotatable bonds is 9. The zero-order valence-electron chi connectivity index (χ0n) is 17.1. The Morgan fingerprint density at radius 1 is 0.968 bits per heavy atom. The lowest BCUT2D eigenvalue weighted by Crippen LogP contribution is -2.40. The van der Waals surface area contributed by atoms with Gasteiger partial charge in [-0.2, -0.15) is 4.31 Å². The number of sulfonamides is 1. The summed E-state index contributed by atoms with van der Waals surface area (Å²) in [7, 11) is -3.49. The third kappa shape index (κ3) is 6.92. The van der Waals surface area contributed by atoms with Crippen LogP contribution in [0.2, 0.25) is 10.0 Å². The van der Waals surface area contributed by atoms with Crippen LogP contribution in [0.4, 0.5) is 0 Å². The van der Waals surface area contributed by atoms with Crippen molar-refractivity contribution in [1.29, 1.82) is 0 Å². The maximum atomic E-state index is 12.6. The molecule has 1 N–H and O–H groups in total. The third-order valence-corrected chi connectivity index (χ3v) is 7.77. The molecule has 1 aliphatic rings. The molecule has 168 valence electrons. The van der Waals surface area contributed by atoms with Crippen molar-refractivity contribution in [2.45, 2.75) is 30.6 Å². The van der Waals surface area contributed by atoms with Crippen molar-refractivity contribution >= 4 is 39.1 Å². The Hall–Kier alpha value is -1.64. The minimum absolute atomic E-state index is 0.0286. The topological polar surface area (TPSA) is 75.7 Å². The zero-order chi connectivity index (χ0) is 22.3. The number of carbonyl (C=O) groups excluding carboxylic acids is 1. The lowest BCUT2D eigenvalue weighted by Gasteiger charge is -2.26. The number of hydrogen-bond donors (Lipinski definition) is 1. The van der Waals surface area contributed by atoms with Crippen LogP contribution in [0.15, 0.2) is 47.4 Å². The average Bonchev–Trinajstić information content (AvgIpc) is 2.78. The Labute approximate surface area is 193 Å². The number of aryl methyl sites for hydroxylation is 2. The second kappa shape index (κ2) is 11.3. The van der Waals surface area contributed by atoms with Crippen LogP contribution < -0.4 is 5.32 Å². The normalized spacial score (nSPS) is 15.0. The second-order valence-corrected chi connectivity index (χ2v) is 10.1. The van der Waals surface area contributed by atoms with Crippen LogP contribution in [-0.2, 0) is 32.4 Å². The van der Waals surface area contributed by atoms with Gasteiger partial charge in [0, 0.05) is 26.1 Å². The van der Waals surface area contributed by atoms with Crippen LogP contribution in [0.5, 0.6) is 0 Å². The van der Waals surface area contributed by atoms with Gasteiger partial charge in [-0.3, -0.25) is 4.79 Å². The van der Waals surface area contributed by atoms with E-state index in [1.165, 1.54) is 4.31 Å². The van der Waals surface area contributed by atoms with E-state index in [0.717, 1.165) is 24.0 Å². The zero-order valence-corrected chi connectivity index (χ0v) is 19.5. The Balaban J connectivity index is 1.40. The standard InChI is InChI=1S/C22H26Cl2N2O4S/c23-20-9-5-18(16-21(20)24)2-1-11-25-22(27)10-6-17-3-7-19(8-4-17)31(28,29)26-12-14-30-15-13-26/h3-5,7-9,16H,1-2,6,10-15H2,(H,25,27). The fourth-order valence-corrected chi connectivity index (χ4v) is 5.05. The molecule has 0 unspecified atom stereocenters. The average molecular weight is 485 g/mol. The summed E-state index contributed by atoms with van der Waals surface area (Å²) in [5, 5.41) is 3.98. The number of ether oxygens (including phenoxy) is 1. The van der Waals surface area contributed by atoms with Crippen LogP contribution in [0.25, 0.3) is 0 Å². The predicted octanol–water partition coefficient (Wildman–Crippen LogP) is 3.70. The molecule has 0 atom stereocenters. The van der Waals surface area contributed by atoms with Gasteiger partial charge in [0.2, 0.25) is 15.9 Å². The predicted molar refractivity (Wildman–Crippen MR) is 122 cm³/mol. The van der Waals surface area contributed by atoms with Crippen molar-refractivity contribution in [3.8, 4) is 0 Å². The largest absolute Gasteiger partial charge is 0.379 e. The number of nitrogens with zero attached hydrogens (tertiary/aromatic N) is 1. The highest BCUT2D eigenvalue weighted by Gasteiger charge is 2.26. The van der Waals surface area contributed by atoms with E-state index in [-0.39, 0.29) is 10.8 Å². The quantitative estimate of drug-likeness (QED) is 0.550. The molecule has 0 bridgehead atoms. The number of halogens is 2. The van der Waals surface area contributed by atoms with Crippen molar-refractivity contribution in [1.82, 2.24) is 9.62 Å². The SMILES string of the molecule is O=C(CCc1ccc(S(=O)(=O)N2CCOCC2)cc1)NCCCc1ccc(Cl)c(Cl)c1. The molecule has 1 saturated heterocycles. The van der Waals surface area contributed by atoms with Crippen molar-refractivity contribution in [3.05, 3.63) is 63.6 Å². The first-order valence-electron chi connectivity index (χ1n) is 10.2. The number of hydrogen-bond acceptors (Lipinski definition) is 4. The highest BCUT2D eigenvalue weighted by atomic mass is 35.5. The van der Waals surface area contributed by atoms with Crippen LogP contribution in [0.1, 0.15) is 24.0 Å². The van der Waals surface area contributed by atoms with E-state index in [9.17, 15) is 13.2 Å². The lowest BCUT2D eigenvalue weighted by atomic mass is 10.1. The molecule has 31 heavy (non-hydrogen) atoms. The molecule has 1 fully saturated rings. The highest BCUT2D eigenvalue weighted by Crippen LogP contribution is 2.23. The summed E-state index contributed by atoms with van der Waals surface area (Å²) >= 11 is 11.9. The van der Waals surface area contributed by atoms with Gasteiger partial charge in [0.25, 0.3) is 0 Å². The van der Waals surface area contributed by atoms with Crippen molar-refractivity contribution in [2.75, 3.05) is 32.8 Å². The maximum Gasteiger partial charge on any atom is 0.243 e. The Morgan fingerprint density at radius 3 is 2.32 bits per heavy atom. The highest BCUT2D eigenvalue weighted by molar-refractivity contribution is 7.89. The molecule has 0 aromatic heterocycles. The minimum Gasteiger partial charge on any atom is -0.379 e. The first-order chi connectivity index (χ1) is 14.9. The fraction of sp³-hybridized carbons (Fsp3) is 0.409. The van der Waals surface area contributed by atoms with Gasteiger partial charge in [0.15, 0.2) is 0 Å². The summed E-state index contributed by atoms with van der Waals surface area (Å²) in [5.41, 5.74) is 2.00. The number of carbonyl (C=O) groups is 1. The molecule has 0 aliphatic carbocycles. The molecular formula is C22H26Cl2N2O4S. The smallest absolute Gasteiger partial charge is 0.243 e. The lowest BCUT2D eigenvalue weighted by molar-refractivity contribution is -0.121. The Kier molecular flexibility index (Phi) is 8.75. The molecule has 0 radical (unpaired) electrons. The molecule has 2 aromatic rings. The fourth-order valence-electron chi connectivity index (χ4n) is 3.33. The Bertz CT molecular complexity index is 991. The van der Waals surface area contributed by atoms with Gasteiger partial charge in [-0.15, -0.1) is 0 Å². The minimum atomic E-state index is -3.49. The van der Waals surface area contributed by atoms with Crippen molar-refractivity contribution in [3.63, 3.8) is 0 Å². The van der Waals surface area contributed by atoms with Crippen LogP contribution >= 0.6 is 23.2 Å². The summed E-state index contributed by atoms with van der Waals surface area (Å²) < 4.78 is 31.9.